The van der Waals surface area contributed by atoms with Crippen molar-refractivity contribution in [3.05, 3.63) is 46.8 Å². The molecule has 5 nitrogen and oxygen atoms in total. The van der Waals surface area contributed by atoms with Crippen LogP contribution in [0.15, 0.2) is 24.3 Å². The topological polar surface area (TPSA) is 56.1 Å². The van der Waals surface area contributed by atoms with Crippen LogP contribution in [-0.2, 0) is 20.0 Å². The Morgan fingerprint density at radius 2 is 2.17 bits per heavy atom. The molecule has 0 radical (unpaired) electrons. The number of carbonyl (C=O) groups is 1. The molecule has 0 saturated heterocycles. The number of aromatic nitrogens is 2. The zero-order valence-corrected chi connectivity index (χ0v) is 14.6. The molecule has 0 spiro atoms. The van der Waals surface area contributed by atoms with Crippen molar-refractivity contribution in [1.82, 2.24) is 15.1 Å². The molecule has 2 aliphatic rings. The molecule has 24 heavy (non-hydrogen) atoms. The third-order valence-corrected chi connectivity index (χ3v) is 5.81. The molecule has 0 unspecified atom stereocenters. The second-order valence-corrected chi connectivity index (χ2v) is 7.44. The highest BCUT2D eigenvalue weighted by atomic mass is 16.5. The van der Waals surface area contributed by atoms with Gasteiger partial charge in [0.2, 0.25) is 0 Å². The van der Waals surface area contributed by atoms with Gasteiger partial charge in [-0.1, -0.05) is 32.0 Å². The van der Waals surface area contributed by atoms with Crippen LogP contribution in [0.5, 0.6) is 5.75 Å². The molecule has 1 N–H and O–H groups in total. The van der Waals surface area contributed by atoms with Gasteiger partial charge in [-0.2, -0.15) is 5.10 Å². The monoisotopic (exact) mass is 325 g/mol. The molecule has 0 bridgehead atoms. The smallest absolute Gasteiger partial charge is 0.272 e. The Labute approximate surface area is 142 Å². The highest BCUT2D eigenvalue weighted by Crippen LogP contribution is 2.70. The average Bonchev–Trinajstić information content (AvgIpc) is 2.92. The summed E-state index contributed by atoms with van der Waals surface area (Å²) in [5.41, 5.74) is 4.30. The largest absolute Gasteiger partial charge is 0.496 e. The Morgan fingerprint density at radius 3 is 2.92 bits per heavy atom. The van der Waals surface area contributed by atoms with Crippen LogP contribution in [0.4, 0.5) is 0 Å². The third-order valence-electron chi connectivity index (χ3n) is 5.81. The van der Waals surface area contributed by atoms with Crippen molar-refractivity contribution in [2.75, 3.05) is 7.11 Å². The molecule has 1 heterocycles. The van der Waals surface area contributed by atoms with Crippen molar-refractivity contribution < 1.29 is 9.53 Å². The number of ether oxygens (including phenoxy) is 1. The summed E-state index contributed by atoms with van der Waals surface area (Å²) in [6, 6.07) is 7.72. The maximum absolute atomic E-state index is 12.6. The van der Waals surface area contributed by atoms with Gasteiger partial charge in [0.15, 0.2) is 5.69 Å². The standard InChI is InChI=1S/C19H23N3O2/c1-19(2)13-9-12-16(21-22(3)17(12)15(13)19)18(23)20-10-11-7-5-6-8-14(11)24-4/h5-8,13,15H,9-10H2,1-4H3,(H,20,23)/t13-,15-/m1/s1. The third kappa shape index (κ3) is 2.07. The summed E-state index contributed by atoms with van der Waals surface area (Å²) >= 11 is 0. The number of hydrogen-bond donors (Lipinski definition) is 1. The predicted octanol–water partition coefficient (Wildman–Crippen LogP) is 2.65. The second-order valence-electron chi connectivity index (χ2n) is 7.44. The Morgan fingerprint density at radius 1 is 1.42 bits per heavy atom. The minimum atomic E-state index is -0.100. The van der Waals surface area contributed by atoms with Gasteiger partial charge >= 0.3 is 0 Å². The normalized spacial score (nSPS) is 22.7. The van der Waals surface area contributed by atoms with Gasteiger partial charge in [-0.05, 0) is 23.8 Å². The first-order chi connectivity index (χ1) is 11.4. The summed E-state index contributed by atoms with van der Waals surface area (Å²) in [6.45, 7) is 5.05. The number of hydrogen-bond acceptors (Lipinski definition) is 3. The maximum atomic E-state index is 12.6. The molecule has 2 atom stereocenters. The molecule has 0 aliphatic heterocycles. The summed E-state index contributed by atoms with van der Waals surface area (Å²) in [4.78, 5) is 12.6. The highest BCUT2D eigenvalue weighted by molar-refractivity contribution is 5.94. The fraction of sp³-hybridized carbons (Fsp3) is 0.474. The molecular formula is C19H23N3O2. The lowest BCUT2D eigenvalue weighted by atomic mass is 9.97. The zero-order valence-electron chi connectivity index (χ0n) is 14.6. The Kier molecular flexibility index (Phi) is 3.24. The van der Waals surface area contributed by atoms with Crippen LogP contribution in [-0.4, -0.2) is 22.8 Å². The number of aryl methyl sites for hydroxylation is 1. The van der Waals surface area contributed by atoms with Crippen LogP contribution in [0, 0.1) is 11.3 Å². The number of benzene rings is 1. The summed E-state index contributed by atoms with van der Waals surface area (Å²) in [5, 5.41) is 7.49. The van der Waals surface area contributed by atoms with Crippen LogP contribution in [0.25, 0.3) is 0 Å². The van der Waals surface area contributed by atoms with Crippen LogP contribution in [0.1, 0.15) is 47.1 Å². The molecule has 1 fully saturated rings. The number of rotatable bonds is 4. The van der Waals surface area contributed by atoms with Crippen LogP contribution in [0.2, 0.25) is 0 Å². The van der Waals surface area contributed by atoms with Crippen molar-refractivity contribution in [2.45, 2.75) is 32.7 Å². The number of amides is 1. The van der Waals surface area contributed by atoms with E-state index in [1.807, 2.05) is 36.0 Å². The van der Waals surface area contributed by atoms with Crippen molar-refractivity contribution in [2.24, 2.45) is 18.4 Å². The summed E-state index contributed by atoms with van der Waals surface area (Å²) < 4.78 is 7.24. The zero-order chi connectivity index (χ0) is 17.1. The quantitative estimate of drug-likeness (QED) is 0.940. The number of para-hydroxylation sites is 1. The van der Waals surface area contributed by atoms with E-state index in [1.165, 1.54) is 5.69 Å². The van der Waals surface area contributed by atoms with E-state index in [0.29, 0.717) is 29.5 Å². The number of fused-ring (bicyclic) bond motifs is 3. The molecule has 2 aliphatic carbocycles. The molecule has 5 heteroatoms. The van der Waals surface area contributed by atoms with Gasteiger partial charge in [-0.3, -0.25) is 9.48 Å². The van der Waals surface area contributed by atoms with Gasteiger partial charge in [0, 0.05) is 36.3 Å². The molecule has 1 aromatic carbocycles. The molecular weight excluding hydrogens is 302 g/mol. The van der Waals surface area contributed by atoms with Crippen molar-refractivity contribution in [3.8, 4) is 5.75 Å². The second kappa shape index (κ2) is 5.10. The first kappa shape index (κ1) is 15.2. The summed E-state index contributed by atoms with van der Waals surface area (Å²) in [7, 11) is 3.59. The van der Waals surface area contributed by atoms with Crippen molar-refractivity contribution in [1.29, 1.82) is 0 Å². The van der Waals surface area contributed by atoms with E-state index in [2.05, 4.69) is 24.3 Å². The van der Waals surface area contributed by atoms with E-state index in [9.17, 15) is 4.79 Å². The fourth-order valence-corrected chi connectivity index (χ4v) is 4.35. The summed E-state index contributed by atoms with van der Waals surface area (Å²) in [6.07, 6.45) is 0.970. The van der Waals surface area contributed by atoms with Crippen molar-refractivity contribution in [3.63, 3.8) is 0 Å². The minimum absolute atomic E-state index is 0.100. The van der Waals surface area contributed by atoms with Crippen LogP contribution in [0.3, 0.4) is 0 Å². The van der Waals surface area contributed by atoms with Gasteiger partial charge in [-0.15, -0.1) is 0 Å². The van der Waals surface area contributed by atoms with Crippen LogP contribution < -0.4 is 10.1 Å². The predicted molar refractivity (Wildman–Crippen MR) is 91.1 cm³/mol. The first-order valence-electron chi connectivity index (χ1n) is 8.41. The van der Waals surface area contributed by atoms with E-state index < -0.39 is 0 Å². The number of methoxy groups -OCH3 is 1. The fourth-order valence-electron chi connectivity index (χ4n) is 4.35. The maximum Gasteiger partial charge on any atom is 0.272 e. The molecule has 1 amide bonds. The summed E-state index contributed by atoms with van der Waals surface area (Å²) in [5.74, 6) is 1.90. The first-order valence-corrected chi connectivity index (χ1v) is 8.41. The molecule has 1 saturated carbocycles. The highest BCUT2D eigenvalue weighted by Gasteiger charge is 2.64. The number of carbonyl (C=O) groups excluding carboxylic acids is 1. The van der Waals surface area contributed by atoms with Gasteiger partial charge in [0.1, 0.15) is 5.75 Å². The van der Waals surface area contributed by atoms with Gasteiger partial charge < -0.3 is 10.1 Å². The molecule has 1 aromatic heterocycles. The van der Waals surface area contributed by atoms with Gasteiger partial charge in [0.25, 0.3) is 5.91 Å². The van der Waals surface area contributed by atoms with E-state index in [1.54, 1.807) is 7.11 Å². The van der Waals surface area contributed by atoms with E-state index in [-0.39, 0.29) is 5.91 Å². The van der Waals surface area contributed by atoms with E-state index in [4.69, 9.17) is 4.74 Å². The van der Waals surface area contributed by atoms with Crippen molar-refractivity contribution >= 4 is 5.91 Å². The number of nitrogens with zero attached hydrogens (tertiary/aromatic N) is 2. The van der Waals surface area contributed by atoms with Gasteiger partial charge in [-0.25, -0.2) is 0 Å². The minimum Gasteiger partial charge on any atom is -0.496 e. The van der Waals surface area contributed by atoms with E-state index >= 15 is 0 Å². The van der Waals surface area contributed by atoms with E-state index in [0.717, 1.165) is 23.3 Å². The lowest BCUT2D eigenvalue weighted by Crippen LogP contribution is -2.24. The lowest BCUT2D eigenvalue weighted by molar-refractivity contribution is 0.0944. The Balaban J connectivity index is 1.53. The SMILES string of the molecule is COc1ccccc1CNC(=O)c1nn(C)c2c1C[C@@H]1[C@H]2C1(C)C. The molecule has 126 valence electrons. The Hall–Kier alpha value is -2.30. The number of nitrogens with one attached hydrogen (secondary N) is 1. The Bertz CT molecular complexity index is 822. The van der Waals surface area contributed by atoms with Crippen LogP contribution >= 0.6 is 0 Å². The van der Waals surface area contributed by atoms with Gasteiger partial charge in [0.05, 0.1) is 7.11 Å². The molecule has 2 aromatic rings. The molecule has 4 rings (SSSR count). The lowest BCUT2D eigenvalue weighted by Gasteiger charge is -2.10. The average molecular weight is 325 g/mol.